The van der Waals surface area contributed by atoms with Gasteiger partial charge in [0.15, 0.2) is 11.5 Å². The summed E-state index contributed by atoms with van der Waals surface area (Å²) in [6.45, 7) is -0.299. The van der Waals surface area contributed by atoms with Gasteiger partial charge in [0.1, 0.15) is 5.82 Å². The van der Waals surface area contributed by atoms with Crippen molar-refractivity contribution in [1.82, 2.24) is 9.88 Å². The zero-order valence-electron chi connectivity index (χ0n) is 17.9. The molecular weight excluding hydrogens is 501 g/mol. The van der Waals surface area contributed by atoms with Gasteiger partial charge in [-0.25, -0.2) is 9.37 Å². The van der Waals surface area contributed by atoms with Gasteiger partial charge in [-0.1, -0.05) is 23.7 Å². The van der Waals surface area contributed by atoms with Crippen LogP contribution in [-0.2, 0) is 11.3 Å². The zero-order valence-corrected chi connectivity index (χ0v) is 19.5. The fourth-order valence-corrected chi connectivity index (χ4v) is 4.25. The largest absolute Gasteiger partial charge is 0.493 e. The number of nitrogens with zero attached hydrogens (tertiary/aromatic N) is 3. The van der Waals surface area contributed by atoms with E-state index in [1.165, 1.54) is 61.8 Å². The van der Waals surface area contributed by atoms with Gasteiger partial charge in [0.2, 0.25) is 0 Å². The first kappa shape index (κ1) is 24.2. The maximum absolute atomic E-state index is 14.1. The molecule has 0 saturated carbocycles. The van der Waals surface area contributed by atoms with E-state index in [2.05, 4.69) is 4.98 Å². The summed E-state index contributed by atoms with van der Waals surface area (Å²) >= 11 is 6.73. The van der Waals surface area contributed by atoms with Crippen LogP contribution in [0.15, 0.2) is 59.6 Å². The lowest BCUT2D eigenvalue weighted by Gasteiger charge is -2.14. The summed E-state index contributed by atoms with van der Waals surface area (Å²) in [5.41, 5.74) is 0.228. The molecule has 3 aromatic rings. The Bertz CT molecular complexity index is 1360. The highest BCUT2D eigenvalue weighted by Gasteiger charge is 2.36. The molecule has 1 aromatic heterocycles. The fraction of sp³-hybridized carbons (Fsp3) is 0.0870. The van der Waals surface area contributed by atoms with Gasteiger partial charge in [-0.05, 0) is 53.7 Å². The Morgan fingerprint density at radius 2 is 2.00 bits per heavy atom. The van der Waals surface area contributed by atoms with Crippen LogP contribution in [0.5, 0.6) is 17.4 Å². The number of hydrogen-bond donors (Lipinski definition) is 0. The van der Waals surface area contributed by atoms with E-state index in [0.29, 0.717) is 17.3 Å². The van der Waals surface area contributed by atoms with Gasteiger partial charge in [-0.15, -0.1) is 0 Å². The van der Waals surface area contributed by atoms with Crippen molar-refractivity contribution in [2.24, 2.45) is 0 Å². The summed E-state index contributed by atoms with van der Waals surface area (Å²) in [5, 5.41) is 10.8. The van der Waals surface area contributed by atoms with E-state index in [4.69, 9.17) is 21.1 Å². The molecule has 4 rings (SSSR count). The Hall–Kier alpha value is -3.96. The number of imide groups is 1. The molecule has 9 nitrogen and oxygen atoms in total. The highest BCUT2D eigenvalue weighted by Crippen LogP contribution is 2.38. The average molecular weight is 516 g/mol. The number of nitro groups is 1. The van der Waals surface area contributed by atoms with Crippen LogP contribution in [0.25, 0.3) is 6.08 Å². The minimum Gasteiger partial charge on any atom is -0.493 e. The number of halogens is 2. The Balaban J connectivity index is 1.58. The molecule has 0 spiro atoms. The van der Waals surface area contributed by atoms with E-state index in [1.54, 1.807) is 6.07 Å². The molecule has 35 heavy (non-hydrogen) atoms. The van der Waals surface area contributed by atoms with E-state index >= 15 is 0 Å². The number of aromatic nitrogens is 1. The summed E-state index contributed by atoms with van der Waals surface area (Å²) in [7, 11) is 1.38. The summed E-state index contributed by atoms with van der Waals surface area (Å²) in [6.07, 6.45) is 2.83. The SMILES string of the molecule is COc1cc(/C=C2\SC(=O)N(Cc3c(F)cccc3Cl)C2=O)ccc1Oc1ncccc1[N+](=O)[O-]. The minimum absolute atomic E-state index is 0.0458. The predicted octanol–water partition coefficient (Wildman–Crippen LogP) is 5.82. The molecule has 0 aliphatic carbocycles. The normalized spacial score (nSPS) is 14.5. The van der Waals surface area contributed by atoms with E-state index in [9.17, 15) is 24.1 Å². The number of ether oxygens (including phenoxy) is 2. The molecule has 2 heterocycles. The molecule has 1 saturated heterocycles. The van der Waals surface area contributed by atoms with Crippen molar-refractivity contribution >= 4 is 46.3 Å². The maximum Gasteiger partial charge on any atom is 0.331 e. The topological polar surface area (TPSA) is 112 Å². The van der Waals surface area contributed by atoms with Crippen molar-refractivity contribution in [2.75, 3.05) is 7.11 Å². The van der Waals surface area contributed by atoms with E-state index in [0.717, 1.165) is 4.90 Å². The molecule has 0 atom stereocenters. The maximum atomic E-state index is 14.1. The van der Waals surface area contributed by atoms with Crippen LogP contribution in [0.2, 0.25) is 5.02 Å². The van der Waals surface area contributed by atoms with Crippen LogP contribution < -0.4 is 9.47 Å². The molecule has 0 radical (unpaired) electrons. The molecule has 12 heteroatoms. The van der Waals surface area contributed by atoms with Crippen LogP contribution in [0, 0.1) is 15.9 Å². The smallest absolute Gasteiger partial charge is 0.331 e. The van der Waals surface area contributed by atoms with Crippen LogP contribution in [0.1, 0.15) is 11.1 Å². The van der Waals surface area contributed by atoms with Gasteiger partial charge in [-0.2, -0.15) is 0 Å². The van der Waals surface area contributed by atoms with Crippen molar-refractivity contribution in [3.8, 4) is 17.4 Å². The molecule has 1 fully saturated rings. The van der Waals surface area contributed by atoms with Crippen LogP contribution >= 0.6 is 23.4 Å². The van der Waals surface area contributed by atoms with Crippen molar-refractivity contribution in [3.05, 3.63) is 91.7 Å². The Kier molecular flexibility index (Phi) is 6.99. The highest BCUT2D eigenvalue weighted by molar-refractivity contribution is 8.18. The molecule has 2 aromatic carbocycles. The summed E-state index contributed by atoms with van der Waals surface area (Å²) < 4.78 is 25.0. The van der Waals surface area contributed by atoms with Gasteiger partial charge >= 0.3 is 5.69 Å². The highest BCUT2D eigenvalue weighted by atomic mass is 35.5. The molecule has 178 valence electrons. The third-order valence-electron chi connectivity index (χ3n) is 4.89. The van der Waals surface area contributed by atoms with Crippen molar-refractivity contribution in [2.45, 2.75) is 6.54 Å². The number of thioether (sulfide) groups is 1. The molecule has 2 amide bonds. The first-order chi connectivity index (χ1) is 16.8. The van der Waals surface area contributed by atoms with Crippen molar-refractivity contribution in [1.29, 1.82) is 0 Å². The van der Waals surface area contributed by atoms with Gasteiger partial charge < -0.3 is 9.47 Å². The molecule has 0 N–H and O–H groups in total. The number of rotatable bonds is 7. The number of methoxy groups -OCH3 is 1. The minimum atomic E-state index is -0.617. The third-order valence-corrected chi connectivity index (χ3v) is 6.15. The molecule has 0 unspecified atom stereocenters. The number of benzene rings is 2. The Labute approximate surface area is 207 Å². The molecular formula is C23H15ClFN3O6S. The van der Waals surface area contributed by atoms with E-state index in [1.807, 2.05) is 0 Å². The first-order valence-corrected chi connectivity index (χ1v) is 11.1. The Morgan fingerprint density at radius 1 is 1.20 bits per heavy atom. The second-order valence-electron chi connectivity index (χ2n) is 7.07. The van der Waals surface area contributed by atoms with Gasteiger partial charge in [0.25, 0.3) is 17.0 Å². The van der Waals surface area contributed by atoms with Gasteiger partial charge in [0, 0.05) is 22.8 Å². The Morgan fingerprint density at radius 3 is 2.71 bits per heavy atom. The molecule has 1 aliphatic rings. The van der Waals surface area contributed by atoms with Crippen LogP contribution in [-0.4, -0.2) is 33.1 Å². The zero-order chi connectivity index (χ0) is 25.1. The van der Waals surface area contributed by atoms with E-state index in [-0.39, 0.29) is 45.1 Å². The van der Waals surface area contributed by atoms with Crippen molar-refractivity contribution < 1.29 is 28.4 Å². The monoisotopic (exact) mass is 515 g/mol. The quantitative estimate of drug-likeness (QED) is 0.220. The number of carbonyl (C=O) groups excluding carboxylic acids is 2. The standard InChI is InChI=1S/C23H15ClFN3O6S/c1-33-19-10-13(7-8-18(19)34-21-17(28(31)32)6-3-9-26-21)11-20-22(29)27(23(30)35-20)12-14-15(24)4-2-5-16(14)25/h2-11H,12H2,1H3/b20-11-. The number of carbonyl (C=O) groups is 2. The van der Waals surface area contributed by atoms with Gasteiger partial charge in [-0.3, -0.25) is 24.6 Å². The summed E-state index contributed by atoms with van der Waals surface area (Å²) in [4.78, 5) is 40.8. The van der Waals surface area contributed by atoms with E-state index < -0.39 is 21.9 Å². The van der Waals surface area contributed by atoms with Crippen LogP contribution in [0.3, 0.4) is 0 Å². The fourth-order valence-electron chi connectivity index (χ4n) is 3.19. The first-order valence-electron chi connectivity index (χ1n) is 9.92. The summed E-state index contributed by atoms with van der Waals surface area (Å²) in [5.74, 6) is -1.04. The number of hydrogen-bond acceptors (Lipinski definition) is 8. The van der Waals surface area contributed by atoms with Gasteiger partial charge in [0.05, 0.1) is 23.5 Å². The second kappa shape index (κ2) is 10.1. The summed E-state index contributed by atoms with van der Waals surface area (Å²) in [6, 6.07) is 11.4. The lowest BCUT2D eigenvalue weighted by molar-refractivity contribution is -0.386. The molecule has 0 bridgehead atoms. The van der Waals surface area contributed by atoms with Crippen molar-refractivity contribution in [3.63, 3.8) is 0 Å². The number of pyridine rings is 1. The predicted molar refractivity (Wildman–Crippen MR) is 127 cm³/mol. The lowest BCUT2D eigenvalue weighted by atomic mass is 10.1. The second-order valence-corrected chi connectivity index (χ2v) is 8.47. The third kappa shape index (κ3) is 5.10. The number of amides is 2. The lowest BCUT2D eigenvalue weighted by Crippen LogP contribution is -2.28. The van der Waals surface area contributed by atoms with Crippen LogP contribution in [0.4, 0.5) is 14.9 Å². The molecule has 1 aliphatic heterocycles. The average Bonchev–Trinajstić information content (AvgIpc) is 3.09.